The molecule has 1 aromatic rings. The van der Waals surface area contributed by atoms with E-state index in [0.717, 1.165) is 38.7 Å². The molecule has 0 aromatic heterocycles. The van der Waals surface area contributed by atoms with Crippen LogP contribution in [0.2, 0.25) is 0 Å². The highest BCUT2D eigenvalue weighted by molar-refractivity contribution is 7.92. The first-order valence-electron chi connectivity index (χ1n) is 7.35. The Hall–Kier alpha value is -2.62. The van der Waals surface area contributed by atoms with E-state index in [1.54, 1.807) is 20.8 Å². The molecule has 0 saturated carbocycles. The molecule has 0 aliphatic heterocycles. The maximum atomic E-state index is 12.4. The molecule has 1 rings (SSSR count). The molecule has 0 aliphatic carbocycles. The number of hydrogen-bond donors (Lipinski definition) is 0. The standard InChI is InChI=1S/C16H21NO8S/c1-16(2,3)25-15(20)17(26(6,21)22)12-8-10(13(18)23-4)7-11(9-12)14(19)24-5/h7-9H,1-6H3. The molecular weight excluding hydrogens is 366 g/mol. The first-order valence-corrected chi connectivity index (χ1v) is 9.20. The lowest BCUT2D eigenvalue weighted by Gasteiger charge is -2.26. The Morgan fingerprint density at radius 2 is 1.35 bits per heavy atom. The third kappa shape index (κ3) is 5.45. The average molecular weight is 387 g/mol. The average Bonchev–Trinajstić information content (AvgIpc) is 2.49. The van der Waals surface area contributed by atoms with Crippen LogP contribution in [0, 0.1) is 0 Å². The minimum atomic E-state index is -4.13. The lowest BCUT2D eigenvalue weighted by molar-refractivity contribution is 0.0583. The fourth-order valence-corrected chi connectivity index (χ4v) is 2.73. The number of sulfonamides is 1. The highest BCUT2D eigenvalue weighted by atomic mass is 32.2. The molecule has 1 aromatic carbocycles. The van der Waals surface area contributed by atoms with Crippen LogP contribution in [0.15, 0.2) is 18.2 Å². The third-order valence-corrected chi connectivity index (χ3v) is 3.91. The van der Waals surface area contributed by atoms with Crippen LogP contribution in [0.3, 0.4) is 0 Å². The summed E-state index contributed by atoms with van der Waals surface area (Å²) in [6.45, 7) is 4.70. The van der Waals surface area contributed by atoms with E-state index in [1.807, 2.05) is 0 Å². The number of esters is 2. The monoisotopic (exact) mass is 387 g/mol. The van der Waals surface area contributed by atoms with Crippen molar-refractivity contribution >= 4 is 33.7 Å². The molecule has 0 atom stereocenters. The fourth-order valence-electron chi connectivity index (χ4n) is 1.94. The van der Waals surface area contributed by atoms with Crippen LogP contribution in [-0.4, -0.2) is 52.5 Å². The highest BCUT2D eigenvalue weighted by Crippen LogP contribution is 2.25. The van der Waals surface area contributed by atoms with Crippen molar-refractivity contribution in [3.8, 4) is 0 Å². The summed E-state index contributed by atoms with van der Waals surface area (Å²) < 4.78 is 39.0. The summed E-state index contributed by atoms with van der Waals surface area (Å²) >= 11 is 0. The number of benzene rings is 1. The smallest absolute Gasteiger partial charge is 0.428 e. The van der Waals surface area contributed by atoms with Crippen molar-refractivity contribution in [3.05, 3.63) is 29.3 Å². The summed E-state index contributed by atoms with van der Waals surface area (Å²) in [5.74, 6) is -1.65. The molecule has 0 radical (unpaired) electrons. The summed E-state index contributed by atoms with van der Waals surface area (Å²) in [6, 6.07) is 3.36. The summed E-state index contributed by atoms with van der Waals surface area (Å²) in [5.41, 5.74) is -1.50. The second-order valence-electron chi connectivity index (χ2n) is 6.26. The van der Waals surface area contributed by atoms with Crippen LogP contribution in [0.1, 0.15) is 41.5 Å². The molecule has 0 saturated heterocycles. The Balaban J connectivity index is 3.61. The van der Waals surface area contributed by atoms with Crippen molar-refractivity contribution in [2.75, 3.05) is 24.8 Å². The van der Waals surface area contributed by atoms with Crippen molar-refractivity contribution in [3.63, 3.8) is 0 Å². The number of ether oxygens (including phenoxy) is 3. The van der Waals surface area contributed by atoms with Gasteiger partial charge in [-0.15, -0.1) is 0 Å². The van der Waals surface area contributed by atoms with E-state index < -0.39 is 33.7 Å². The molecule has 0 N–H and O–H groups in total. The van der Waals surface area contributed by atoms with Crippen LogP contribution in [-0.2, 0) is 24.2 Å². The largest absolute Gasteiger partial charge is 0.465 e. The maximum Gasteiger partial charge on any atom is 0.428 e. The first kappa shape index (κ1) is 21.4. The molecule has 0 bridgehead atoms. The van der Waals surface area contributed by atoms with Crippen molar-refractivity contribution in [1.29, 1.82) is 0 Å². The van der Waals surface area contributed by atoms with Gasteiger partial charge in [0.25, 0.3) is 0 Å². The molecule has 144 valence electrons. The lowest BCUT2D eigenvalue weighted by Crippen LogP contribution is -2.40. The molecule has 0 unspecified atom stereocenters. The van der Waals surface area contributed by atoms with Crippen molar-refractivity contribution < 1.29 is 37.0 Å². The van der Waals surface area contributed by atoms with Gasteiger partial charge in [-0.1, -0.05) is 0 Å². The molecule has 1 amide bonds. The molecule has 10 heteroatoms. The second kappa shape index (κ2) is 7.73. The van der Waals surface area contributed by atoms with E-state index in [0.29, 0.717) is 4.31 Å². The number of amides is 1. The molecule has 0 spiro atoms. The van der Waals surface area contributed by atoms with E-state index >= 15 is 0 Å². The summed E-state index contributed by atoms with van der Waals surface area (Å²) in [6.07, 6.45) is -0.391. The van der Waals surface area contributed by atoms with Gasteiger partial charge >= 0.3 is 18.0 Å². The minimum absolute atomic E-state index is 0.136. The Morgan fingerprint density at radius 3 is 1.65 bits per heavy atom. The van der Waals surface area contributed by atoms with E-state index in [-0.39, 0.29) is 16.8 Å². The molecule has 0 fully saturated rings. The predicted molar refractivity (Wildman–Crippen MR) is 92.7 cm³/mol. The van der Waals surface area contributed by atoms with Gasteiger partial charge in [-0.3, -0.25) is 0 Å². The Labute approximate surface area is 151 Å². The van der Waals surface area contributed by atoms with Gasteiger partial charge < -0.3 is 14.2 Å². The number of methoxy groups -OCH3 is 2. The van der Waals surface area contributed by atoms with Crippen molar-refractivity contribution in [2.45, 2.75) is 26.4 Å². The van der Waals surface area contributed by atoms with E-state index in [9.17, 15) is 22.8 Å². The van der Waals surface area contributed by atoms with Crippen LogP contribution < -0.4 is 4.31 Å². The molecule has 26 heavy (non-hydrogen) atoms. The summed E-state index contributed by atoms with van der Waals surface area (Å²) in [4.78, 5) is 36.1. The molecule has 9 nitrogen and oxygen atoms in total. The quantitative estimate of drug-likeness (QED) is 0.568. The fraction of sp³-hybridized carbons (Fsp3) is 0.438. The summed E-state index contributed by atoms with van der Waals surface area (Å²) in [5, 5.41) is 0. The van der Waals surface area contributed by atoms with E-state index in [2.05, 4.69) is 9.47 Å². The Kier molecular flexibility index (Phi) is 6.37. The number of nitrogens with zero attached hydrogens (tertiary/aromatic N) is 1. The zero-order valence-electron chi connectivity index (χ0n) is 15.4. The van der Waals surface area contributed by atoms with Crippen LogP contribution in [0.4, 0.5) is 10.5 Å². The number of carbonyl (C=O) groups excluding carboxylic acids is 3. The van der Waals surface area contributed by atoms with Gasteiger partial charge in [0.15, 0.2) is 0 Å². The van der Waals surface area contributed by atoms with Gasteiger partial charge in [0.2, 0.25) is 10.0 Å². The first-order chi connectivity index (χ1) is 11.8. The molecule has 0 heterocycles. The van der Waals surface area contributed by atoms with Gasteiger partial charge in [-0.25, -0.2) is 22.8 Å². The normalized spacial score (nSPS) is 11.5. The topological polar surface area (TPSA) is 116 Å². The van der Waals surface area contributed by atoms with E-state index in [1.165, 1.54) is 0 Å². The second-order valence-corrected chi connectivity index (χ2v) is 8.09. The highest BCUT2D eigenvalue weighted by Gasteiger charge is 2.32. The third-order valence-electron chi connectivity index (χ3n) is 2.89. The van der Waals surface area contributed by atoms with Crippen LogP contribution in [0.25, 0.3) is 0 Å². The predicted octanol–water partition coefficient (Wildman–Crippen LogP) is 1.96. The van der Waals surface area contributed by atoms with Gasteiger partial charge in [-0.05, 0) is 39.0 Å². The van der Waals surface area contributed by atoms with Gasteiger partial charge in [0.05, 0.1) is 37.3 Å². The number of carbonyl (C=O) groups is 3. The molecule has 0 aliphatic rings. The number of rotatable bonds is 4. The number of anilines is 1. The zero-order valence-corrected chi connectivity index (χ0v) is 16.2. The van der Waals surface area contributed by atoms with Crippen molar-refractivity contribution in [1.82, 2.24) is 0 Å². The van der Waals surface area contributed by atoms with Crippen molar-refractivity contribution in [2.24, 2.45) is 0 Å². The zero-order chi connectivity index (χ0) is 20.3. The SMILES string of the molecule is COC(=O)c1cc(C(=O)OC)cc(N(C(=O)OC(C)(C)C)S(C)(=O)=O)c1. The lowest BCUT2D eigenvalue weighted by atomic mass is 10.1. The molecular formula is C16H21NO8S. The Morgan fingerprint density at radius 1 is 0.923 bits per heavy atom. The van der Waals surface area contributed by atoms with Gasteiger partial charge in [-0.2, -0.15) is 4.31 Å². The Bertz CT molecular complexity index is 789. The van der Waals surface area contributed by atoms with E-state index in [4.69, 9.17) is 4.74 Å². The van der Waals surface area contributed by atoms with Gasteiger partial charge in [0.1, 0.15) is 5.60 Å². The van der Waals surface area contributed by atoms with Crippen LogP contribution >= 0.6 is 0 Å². The summed E-state index contributed by atoms with van der Waals surface area (Å²) in [7, 11) is -1.89. The minimum Gasteiger partial charge on any atom is -0.465 e. The maximum absolute atomic E-state index is 12.4. The number of hydrogen-bond acceptors (Lipinski definition) is 8. The van der Waals surface area contributed by atoms with Crippen LogP contribution in [0.5, 0.6) is 0 Å². The van der Waals surface area contributed by atoms with Gasteiger partial charge in [0, 0.05) is 0 Å².